The molecule has 0 radical (unpaired) electrons. The highest BCUT2D eigenvalue weighted by atomic mass is 35.5. The van der Waals surface area contributed by atoms with E-state index in [9.17, 15) is 9.50 Å². The van der Waals surface area contributed by atoms with Gasteiger partial charge in [0.15, 0.2) is 0 Å². The summed E-state index contributed by atoms with van der Waals surface area (Å²) < 4.78 is 18.6. The molecule has 1 saturated heterocycles. The third kappa shape index (κ3) is 2.30. The maximum Gasteiger partial charge on any atom is 0.129 e. The molecule has 0 bridgehead atoms. The molecule has 2 unspecified atom stereocenters. The molecule has 2 nitrogen and oxygen atoms in total. The number of aliphatic hydroxyl groups excluding tert-OH is 1. The Bertz CT molecular complexity index is 350. The smallest absolute Gasteiger partial charge is 0.129 e. The molecule has 1 aromatic carbocycles. The fourth-order valence-electron chi connectivity index (χ4n) is 1.80. The summed E-state index contributed by atoms with van der Waals surface area (Å²) in [4.78, 5) is 0. The summed E-state index contributed by atoms with van der Waals surface area (Å²) in [5.74, 6) is -0.447. The summed E-state index contributed by atoms with van der Waals surface area (Å²) in [6.45, 7) is 1.11. The van der Waals surface area contributed by atoms with Gasteiger partial charge >= 0.3 is 0 Å². The second-order valence-corrected chi connectivity index (χ2v) is 4.17. The molecule has 0 saturated carbocycles. The Balaban J connectivity index is 2.23. The molecule has 2 rings (SSSR count). The third-order valence-corrected chi connectivity index (χ3v) is 2.92. The maximum absolute atomic E-state index is 13.4. The third-order valence-electron chi connectivity index (χ3n) is 2.69. The lowest BCUT2D eigenvalue weighted by Gasteiger charge is -2.17. The Labute approximate surface area is 92.6 Å². The lowest BCUT2D eigenvalue weighted by Crippen LogP contribution is -2.13. The highest BCUT2D eigenvalue weighted by Crippen LogP contribution is 2.31. The Hall–Kier alpha value is -0.640. The lowest BCUT2D eigenvalue weighted by atomic mass is 9.95. The Kier molecular flexibility index (Phi) is 3.24. The first kappa shape index (κ1) is 10.9. The van der Waals surface area contributed by atoms with E-state index >= 15 is 0 Å². The van der Waals surface area contributed by atoms with Crippen LogP contribution in [-0.2, 0) is 4.74 Å². The first-order chi connectivity index (χ1) is 7.18. The van der Waals surface area contributed by atoms with Crippen LogP contribution in [0.25, 0.3) is 0 Å². The van der Waals surface area contributed by atoms with Crippen molar-refractivity contribution in [2.45, 2.75) is 12.5 Å². The average Bonchev–Trinajstić information content (AvgIpc) is 2.74. The molecule has 0 spiro atoms. The maximum atomic E-state index is 13.4. The zero-order chi connectivity index (χ0) is 10.8. The molecule has 1 N–H and O–H groups in total. The van der Waals surface area contributed by atoms with Gasteiger partial charge in [0, 0.05) is 23.1 Å². The number of halogens is 2. The molecule has 4 heteroatoms. The minimum Gasteiger partial charge on any atom is -0.388 e. The van der Waals surface area contributed by atoms with Crippen LogP contribution in [-0.4, -0.2) is 18.3 Å². The van der Waals surface area contributed by atoms with Crippen LogP contribution in [0.2, 0.25) is 5.02 Å². The summed E-state index contributed by atoms with van der Waals surface area (Å²) >= 11 is 5.76. The molecule has 0 aromatic heterocycles. The lowest BCUT2D eigenvalue weighted by molar-refractivity contribution is 0.0889. The molecule has 0 amide bonds. The highest BCUT2D eigenvalue weighted by Gasteiger charge is 2.27. The van der Waals surface area contributed by atoms with Crippen molar-refractivity contribution in [2.75, 3.05) is 13.2 Å². The SMILES string of the molecule is OC(c1cc(Cl)ccc1F)C1CCOC1. The van der Waals surface area contributed by atoms with E-state index in [4.69, 9.17) is 16.3 Å². The number of ether oxygens (including phenoxy) is 1. The van der Waals surface area contributed by atoms with Gasteiger partial charge in [-0.2, -0.15) is 0 Å². The minimum absolute atomic E-state index is 0.0297. The number of rotatable bonds is 2. The van der Waals surface area contributed by atoms with Gasteiger partial charge in [-0.15, -0.1) is 0 Å². The van der Waals surface area contributed by atoms with Gasteiger partial charge in [-0.3, -0.25) is 0 Å². The standard InChI is InChI=1S/C11H12ClFO2/c12-8-1-2-10(13)9(5-8)11(14)7-3-4-15-6-7/h1-2,5,7,11,14H,3-4,6H2. The molecule has 1 fully saturated rings. The normalized spacial score (nSPS) is 23.0. The summed E-state index contributed by atoms with van der Waals surface area (Å²) in [6.07, 6.45) is -0.0705. The molecule has 1 aromatic rings. The Morgan fingerprint density at radius 2 is 2.33 bits per heavy atom. The van der Waals surface area contributed by atoms with Gasteiger partial charge in [0.25, 0.3) is 0 Å². The van der Waals surface area contributed by atoms with Gasteiger partial charge in [-0.1, -0.05) is 11.6 Å². The number of hydrogen-bond acceptors (Lipinski definition) is 2. The van der Waals surface area contributed by atoms with E-state index in [0.29, 0.717) is 18.2 Å². The first-order valence-corrected chi connectivity index (χ1v) is 5.27. The Morgan fingerprint density at radius 1 is 1.53 bits per heavy atom. The van der Waals surface area contributed by atoms with Crippen molar-refractivity contribution >= 4 is 11.6 Å². The number of hydrogen-bond donors (Lipinski definition) is 1. The predicted octanol–water partition coefficient (Wildman–Crippen LogP) is 2.55. The van der Waals surface area contributed by atoms with E-state index < -0.39 is 11.9 Å². The first-order valence-electron chi connectivity index (χ1n) is 4.89. The van der Waals surface area contributed by atoms with E-state index in [-0.39, 0.29) is 11.5 Å². The van der Waals surface area contributed by atoms with Crippen molar-refractivity contribution in [2.24, 2.45) is 5.92 Å². The fourth-order valence-corrected chi connectivity index (χ4v) is 1.98. The second-order valence-electron chi connectivity index (χ2n) is 3.73. The van der Waals surface area contributed by atoms with Crippen LogP contribution in [0, 0.1) is 11.7 Å². The molecular weight excluding hydrogens is 219 g/mol. The molecule has 0 aliphatic carbocycles. The van der Waals surface area contributed by atoms with E-state index in [0.717, 1.165) is 6.42 Å². The molecular formula is C11H12ClFO2. The number of aliphatic hydroxyl groups is 1. The minimum atomic E-state index is -0.828. The van der Waals surface area contributed by atoms with Crippen molar-refractivity contribution in [3.8, 4) is 0 Å². The van der Waals surface area contributed by atoms with Crippen molar-refractivity contribution in [1.29, 1.82) is 0 Å². The summed E-state index contributed by atoms with van der Waals surface area (Å²) in [5, 5.41) is 10.4. The van der Waals surface area contributed by atoms with Crippen molar-refractivity contribution < 1.29 is 14.2 Å². The Morgan fingerprint density at radius 3 is 3.00 bits per heavy atom. The van der Waals surface area contributed by atoms with E-state index in [2.05, 4.69) is 0 Å². The van der Waals surface area contributed by atoms with Crippen LogP contribution in [0.1, 0.15) is 18.1 Å². The molecule has 1 aliphatic heterocycles. The van der Waals surface area contributed by atoms with Crippen LogP contribution in [0.4, 0.5) is 4.39 Å². The molecule has 82 valence electrons. The van der Waals surface area contributed by atoms with Gasteiger partial charge < -0.3 is 9.84 Å². The highest BCUT2D eigenvalue weighted by molar-refractivity contribution is 6.30. The largest absolute Gasteiger partial charge is 0.388 e. The summed E-state index contributed by atoms with van der Waals surface area (Å²) in [6, 6.07) is 4.22. The second kappa shape index (κ2) is 4.47. The van der Waals surface area contributed by atoms with Crippen LogP contribution in [0.15, 0.2) is 18.2 Å². The summed E-state index contributed by atoms with van der Waals surface area (Å²) in [7, 11) is 0. The predicted molar refractivity (Wildman–Crippen MR) is 55.3 cm³/mol. The van der Waals surface area contributed by atoms with Crippen LogP contribution in [0.3, 0.4) is 0 Å². The van der Waals surface area contributed by atoms with Crippen molar-refractivity contribution in [3.05, 3.63) is 34.6 Å². The molecule has 1 aliphatic rings. The van der Waals surface area contributed by atoms with Gasteiger partial charge in [0.2, 0.25) is 0 Å². The van der Waals surface area contributed by atoms with Gasteiger partial charge in [0.05, 0.1) is 12.7 Å². The van der Waals surface area contributed by atoms with Crippen molar-refractivity contribution in [3.63, 3.8) is 0 Å². The van der Waals surface area contributed by atoms with Gasteiger partial charge in [-0.25, -0.2) is 4.39 Å². The molecule has 15 heavy (non-hydrogen) atoms. The zero-order valence-electron chi connectivity index (χ0n) is 8.12. The van der Waals surface area contributed by atoms with Crippen LogP contribution in [0.5, 0.6) is 0 Å². The number of benzene rings is 1. The quantitative estimate of drug-likeness (QED) is 0.846. The average molecular weight is 231 g/mol. The topological polar surface area (TPSA) is 29.5 Å². The van der Waals surface area contributed by atoms with E-state index in [1.807, 2.05) is 0 Å². The van der Waals surface area contributed by atoms with Crippen LogP contribution < -0.4 is 0 Å². The van der Waals surface area contributed by atoms with E-state index in [1.54, 1.807) is 0 Å². The van der Waals surface area contributed by atoms with E-state index in [1.165, 1.54) is 18.2 Å². The molecule has 2 atom stereocenters. The van der Waals surface area contributed by atoms with Crippen molar-refractivity contribution in [1.82, 2.24) is 0 Å². The monoisotopic (exact) mass is 230 g/mol. The van der Waals surface area contributed by atoms with Gasteiger partial charge in [0.1, 0.15) is 5.82 Å². The van der Waals surface area contributed by atoms with Gasteiger partial charge in [-0.05, 0) is 24.6 Å². The fraction of sp³-hybridized carbons (Fsp3) is 0.455. The zero-order valence-corrected chi connectivity index (χ0v) is 8.88. The van der Waals surface area contributed by atoms with Crippen LogP contribution >= 0.6 is 11.6 Å². The molecule has 1 heterocycles. The summed E-state index contributed by atoms with van der Waals surface area (Å²) in [5.41, 5.74) is 0.262.